The van der Waals surface area contributed by atoms with Crippen LogP contribution in [0.4, 0.5) is 0 Å². The molecule has 1 fully saturated rings. The molecule has 0 radical (unpaired) electrons. The Morgan fingerprint density at radius 1 is 1.28 bits per heavy atom. The number of carbonyl (C=O) groups excluding carboxylic acids is 2. The first-order valence-corrected chi connectivity index (χ1v) is 9.86. The monoisotopic (exact) mass is 385 g/mol. The molecule has 1 aromatic rings. The molecule has 1 unspecified atom stereocenters. The van der Waals surface area contributed by atoms with E-state index in [9.17, 15) is 9.59 Å². The maximum absolute atomic E-state index is 12.3. The third-order valence-electron chi connectivity index (χ3n) is 4.44. The molecule has 140 valence electrons. The number of amides is 2. The van der Waals surface area contributed by atoms with Crippen molar-refractivity contribution in [3.8, 4) is 0 Å². The lowest BCUT2D eigenvalue weighted by Gasteiger charge is -2.33. The Balaban J connectivity index is 0.00000312. The van der Waals surface area contributed by atoms with Gasteiger partial charge in [-0.2, -0.15) is 11.8 Å². The van der Waals surface area contributed by atoms with Crippen LogP contribution in [0.3, 0.4) is 0 Å². The van der Waals surface area contributed by atoms with Crippen molar-refractivity contribution in [2.24, 2.45) is 11.7 Å². The summed E-state index contributed by atoms with van der Waals surface area (Å²) in [6, 6.07) is 9.47. The highest BCUT2D eigenvalue weighted by atomic mass is 35.5. The molecule has 7 heteroatoms. The molecule has 2 amide bonds. The molecule has 1 atom stereocenters. The zero-order valence-electron chi connectivity index (χ0n) is 14.6. The second kappa shape index (κ2) is 11.4. The Bertz CT molecular complexity index is 536. The van der Waals surface area contributed by atoms with E-state index in [0.29, 0.717) is 38.9 Å². The van der Waals surface area contributed by atoms with Gasteiger partial charge in [0.05, 0.1) is 6.04 Å². The van der Waals surface area contributed by atoms with Crippen LogP contribution in [-0.4, -0.2) is 47.9 Å². The first-order chi connectivity index (χ1) is 11.6. The normalized spacial score (nSPS) is 16.0. The number of nitrogens with one attached hydrogen (secondary N) is 1. The Hall–Kier alpha value is -1.24. The van der Waals surface area contributed by atoms with E-state index in [4.69, 9.17) is 5.73 Å². The Morgan fingerprint density at radius 2 is 1.92 bits per heavy atom. The summed E-state index contributed by atoms with van der Waals surface area (Å²) < 4.78 is 0. The van der Waals surface area contributed by atoms with E-state index in [2.05, 4.69) is 5.32 Å². The quantitative estimate of drug-likeness (QED) is 0.753. The third-order valence-corrected chi connectivity index (χ3v) is 5.08. The highest BCUT2D eigenvalue weighted by Crippen LogP contribution is 2.18. The van der Waals surface area contributed by atoms with Crippen LogP contribution in [-0.2, 0) is 16.1 Å². The molecule has 1 saturated heterocycles. The molecule has 0 saturated carbocycles. The molecule has 25 heavy (non-hydrogen) atoms. The van der Waals surface area contributed by atoms with E-state index >= 15 is 0 Å². The van der Waals surface area contributed by atoms with Crippen molar-refractivity contribution in [2.75, 3.05) is 25.1 Å². The fourth-order valence-electron chi connectivity index (χ4n) is 2.89. The van der Waals surface area contributed by atoms with Crippen molar-refractivity contribution in [3.63, 3.8) is 0 Å². The van der Waals surface area contributed by atoms with E-state index in [1.807, 2.05) is 41.5 Å². The molecule has 1 heterocycles. The smallest absolute Gasteiger partial charge is 0.239 e. The highest BCUT2D eigenvalue weighted by molar-refractivity contribution is 7.98. The number of nitrogens with zero attached hydrogens (tertiary/aromatic N) is 1. The summed E-state index contributed by atoms with van der Waals surface area (Å²) in [5, 5.41) is 2.99. The standard InChI is InChI=1S/C18H27N3O2S.ClH/c1-24-12-9-16(19)18(23)21-10-7-15(8-11-21)17(22)20-13-14-5-3-2-4-6-14;/h2-6,15-16H,7-13,19H2,1H3,(H,20,22);1H. The van der Waals surface area contributed by atoms with E-state index < -0.39 is 6.04 Å². The molecule has 0 aromatic heterocycles. The number of benzene rings is 1. The van der Waals surface area contributed by atoms with Gasteiger partial charge >= 0.3 is 0 Å². The second-order valence-corrected chi connectivity index (χ2v) is 7.18. The van der Waals surface area contributed by atoms with Crippen LogP contribution in [0.2, 0.25) is 0 Å². The van der Waals surface area contributed by atoms with Crippen molar-refractivity contribution < 1.29 is 9.59 Å². The lowest BCUT2D eigenvalue weighted by molar-refractivity contribution is -0.136. The molecular formula is C18H28ClN3O2S. The van der Waals surface area contributed by atoms with E-state index in [0.717, 1.165) is 11.3 Å². The number of piperidine rings is 1. The minimum absolute atomic E-state index is 0. The molecule has 5 nitrogen and oxygen atoms in total. The first kappa shape index (κ1) is 21.8. The lowest BCUT2D eigenvalue weighted by atomic mass is 9.95. The van der Waals surface area contributed by atoms with Crippen LogP contribution in [0.25, 0.3) is 0 Å². The van der Waals surface area contributed by atoms with Crippen LogP contribution in [0, 0.1) is 5.92 Å². The predicted molar refractivity (Wildman–Crippen MR) is 106 cm³/mol. The summed E-state index contributed by atoms with van der Waals surface area (Å²) in [4.78, 5) is 26.4. The van der Waals surface area contributed by atoms with Crippen molar-refractivity contribution >= 4 is 36.0 Å². The number of carbonyl (C=O) groups is 2. The van der Waals surface area contributed by atoms with Gasteiger partial charge in [-0.3, -0.25) is 9.59 Å². The van der Waals surface area contributed by atoms with Gasteiger partial charge < -0.3 is 16.0 Å². The number of rotatable bonds is 7. The van der Waals surface area contributed by atoms with Gasteiger partial charge in [0, 0.05) is 25.6 Å². The van der Waals surface area contributed by atoms with Gasteiger partial charge in [0.25, 0.3) is 0 Å². The van der Waals surface area contributed by atoms with Gasteiger partial charge in [0.1, 0.15) is 0 Å². The molecule has 1 aliphatic heterocycles. The van der Waals surface area contributed by atoms with Gasteiger partial charge in [-0.1, -0.05) is 30.3 Å². The van der Waals surface area contributed by atoms with Crippen LogP contribution in [0.15, 0.2) is 30.3 Å². The maximum atomic E-state index is 12.3. The molecule has 1 aromatic carbocycles. The topological polar surface area (TPSA) is 75.4 Å². The van der Waals surface area contributed by atoms with Gasteiger partial charge in [-0.05, 0) is 36.8 Å². The number of halogens is 1. The van der Waals surface area contributed by atoms with Crippen molar-refractivity contribution in [1.82, 2.24) is 10.2 Å². The van der Waals surface area contributed by atoms with Gasteiger partial charge in [0.15, 0.2) is 0 Å². The number of thioether (sulfide) groups is 1. The summed E-state index contributed by atoms with van der Waals surface area (Å²) in [5.74, 6) is 0.982. The molecule has 0 bridgehead atoms. The van der Waals surface area contributed by atoms with E-state index in [-0.39, 0.29) is 30.1 Å². The highest BCUT2D eigenvalue weighted by Gasteiger charge is 2.29. The van der Waals surface area contributed by atoms with Crippen molar-refractivity contribution in [3.05, 3.63) is 35.9 Å². The fraction of sp³-hybridized carbons (Fsp3) is 0.556. The Kier molecular flexibility index (Phi) is 9.93. The second-order valence-electron chi connectivity index (χ2n) is 6.19. The first-order valence-electron chi connectivity index (χ1n) is 8.46. The van der Waals surface area contributed by atoms with Gasteiger partial charge in [-0.15, -0.1) is 12.4 Å². The number of likely N-dealkylation sites (tertiary alicyclic amines) is 1. The zero-order valence-corrected chi connectivity index (χ0v) is 16.3. The van der Waals surface area contributed by atoms with E-state index in [1.54, 1.807) is 11.8 Å². The van der Waals surface area contributed by atoms with Crippen LogP contribution >= 0.6 is 24.2 Å². The number of hydrogen-bond acceptors (Lipinski definition) is 4. The van der Waals surface area contributed by atoms with Gasteiger partial charge in [-0.25, -0.2) is 0 Å². The van der Waals surface area contributed by atoms with Crippen molar-refractivity contribution in [2.45, 2.75) is 31.8 Å². The average molecular weight is 386 g/mol. The number of nitrogens with two attached hydrogens (primary N) is 1. The summed E-state index contributed by atoms with van der Waals surface area (Å²) in [5.41, 5.74) is 7.05. The zero-order chi connectivity index (χ0) is 17.4. The summed E-state index contributed by atoms with van der Waals surface area (Å²) in [6.07, 6.45) is 4.14. The molecule has 1 aliphatic rings. The predicted octanol–water partition coefficient (Wildman–Crippen LogP) is 2.04. The van der Waals surface area contributed by atoms with Crippen LogP contribution in [0.5, 0.6) is 0 Å². The third kappa shape index (κ3) is 6.88. The van der Waals surface area contributed by atoms with Gasteiger partial charge in [0.2, 0.25) is 11.8 Å². The average Bonchev–Trinajstić information content (AvgIpc) is 2.64. The molecule has 3 N–H and O–H groups in total. The van der Waals surface area contributed by atoms with Crippen LogP contribution in [0.1, 0.15) is 24.8 Å². The Morgan fingerprint density at radius 3 is 2.52 bits per heavy atom. The minimum Gasteiger partial charge on any atom is -0.352 e. The summed E-state index contributed by atoms with van der Waals surface area (Å²) >= 11 is 1.70. The minimum atomic E-state index is -0.416. The number of hydrogen-bond donors (Lipinski definition) is 2. The molecule has 0 aliphatic carbocycles. The van der Waals surface area contributed by atoms with Crippen molar-refractivity contribution in [1.29, 1.82) is 0 Å². The lowest BCUT2D eigenvalue weighted by Crippen LogP contribution is -2.49. The Labute approximate surface area is 160 Å². The largest absolute Gasteiger partial charge is 0.352 e. The van der Waals surface area contributed by atoms with E-state index in [1.165, 1.54) is 0 Å². The molecular weight excluding hydrogens is 358 g/mol. The SMILES string of the molecule is CSCCC(N)C(=O)N1CCC(C(=O)NCc2ccccc2)CC1.Cl. The summed E-state index contributed by atoms with van der Waals surface area (Å²) in [7, 11) is 0. The summed E-state index contributed by atoms with van der Waals surface area (Å²) in [6.45, 7) is 1.79. The fourth-order valence-corrected chi connectivity index (χ4v) is 3.38. The molecule has 2 rings (SSSR count). The van der Waals surface area contributed by atoms with Crippen LogP contribution < -0.4 is 11.1 Å². The maximum Gasteiger partial charge on any atom is 0.239 e. The molecule has 0 spiro atoms.